The van der Waals surface area contributed by atoms with Crippen LogP contribution in [0.4, 0.5) is 0 Å². The molecule has 2 aliphatic carbocycles. The predicted octanol–water partition coefficient (Wildman–Crippen LogP) is 15.2. The lowest BCUT2D eigenvalue weighted by Crippen LogP contribution is -2.28. The van der Waals surface area contributed by atoms with E-state index in [-0.39, 0.29) is 5.41 Å². The first-order valence-corrected chi connectivity index (χ1v) is 21.7. The molecule has 0 radical (unpaired) electrons. The Hall–Kier alpha value is -7.63. The molecule has 0 bridgehead atoms. The minimum Gasteiger partial charge on any atom is -0.456 e. The Morgan fingerprint density at radius 1 is 0.339 bits per heavy atom. The number of furan rings is 2. The number of hydrogen-bond donors (Lipinski definition) is 0. The van der Waals surface area contributed by atoms with Crippen molar-refractivity contribution in [2.24, 2.45) is 0 Å². The number of hydrogen-bond acceptors (Lipinski definition) is 5. The number of rotatable bonds is 5. The van der Waals surface area contributed by atoms with E-state index < -0.39 is 0 Å². The van der Waals surface area contributed by atoms with Gasteiger partial charge in [0.05, 0.1) is 0 Å². The molecule has 5 nitrogen and oxygen atoms in total. The van der Waals surface area contributed by atoms with E-state index in [9.17, 15) is 0 Å². The summed E-state index contributed by atoms with van der Waals surface area (Å²) in [6, 6.07) is 62.3. The van der Waals surface area contributed by atoms with Gasteiger partial charge in [0.1, 0.15) is 22.3 Å². The van der Waals surface area contributed by atoms with E-state index >= 15 is 0 Å². The summed E-state index contributed by atoms with van der Waals surface area (Å²) in [5.41, 5.74) is 16.6. The van der Waals surface area contributed by atoms with Gasteiger partial charge in [0.2, 0.25) is 0 Å². The van der Waals surface area contributed by atoms with E-state index in [1.54, 1.807) is 0 Å². The molecular formula is C57H39N3O2. The standard InChI is InChI=1S/C57H39N3O2/c1-8-30-57(31-9-1)46-23-5-2-18-40(46)41-29-28-38(34-47(41)57)36-15-10-14-35(32-36)37-16-11-17-39(33-37)54-58-55(44-21-12-26-50-52(44)42-19-3-6-24-48(42)61-50)60-56(59-54)45-22-13-27-51-53(45)43-20-4-7-25-49(43)62-51/h2-7,10-29,32-34H,1,8-9,30-31H2. The normalized spacial score (nSPS) is 14.3. The first-order valence-electron chi connectivity index (χ1n) is 21.7. The summed E-state index contributed by atoms with van der Waals surface area (Å²) in [6.07, 6.45) is 6.31. The zero-order chi connectivity index (χ0) is 40.8. The minimum absolute atomic E-state index is 0.112. The van der Waals surface area contributed by atoms with E-state index in [0.29, 0.717) is 17.5 Å². The summed E-state index contributed by atoms with van der Waals surface area (Å²) in [6.45, 7) is 0. The molecule has 8 aromatic carbocycles. The number of fused-ring (bicyclic) bond motifs is 11. The first-order chi connectivity index (χ1) is 30.7. The number of nitrogens with zero attached hydrogens (tertiary/aromatic N) is 3. The summed E-state index contributed by atoms with van der Waals surface area (Å²) < 4.78 is 12.7. The molecule has 0 amide bonds. The molecule has 0 N–H and O–H groups in total. The highest BCUT2D eigenvalue weighted by molar-refractivity contribution is 6.13. The second-order valence-corrected chi connectivity index (χ2v) is 17.0. The van der Waals surface area contributed by atoms with Gasteiger partial charge in [0.25, 0.3) is 0 Å². The fraction of sp³-hybridized carbons (Fsp3) is 0.105. The molecule has 1 saturated carbocycles. The van der Waals surface area contributed by atoms with Gasteiger partial charge in [0.15, 0.2) is 17.5 Å². The zero-order valence-electron chi connectivity index (χ0n) is 33.9. The van der Waals surface area contributed by atoms with E-state index in [0.717, 1.165) is 71.7 Å². The third-order valence-corrected chi connectivity index (χ3v) is 13.5. The van der Waals surface area contributed by atoms with Crippen LogP contribution in [0.15, 0.2) is 185 Å². The smallest absolute Gasteiger partial charge is 0.164 e. The van der Waals surface area contributed by atoms with Crippen LogP contribution in [0.1, 0.15) is 43.2 Å². The Morgan fingerprint density at radius 3 is 1.45 bits per heavy atom. The molecule has 3 aromatic heterocycles. The third-order valence-electron chi connectivity index (χ3n) is 13.5. The second kappa shape index (κ2) is 13.7. The summed E-state index contributed by atoms with van der Waals surface area (Å²) in [7, 11) is 0. The first kappa shape index (κ1) is 35.2. The third kappa shape index (κ3) is 5.37. The van der Waals surface area contributed by atoms with E-state index in [4.69, 9.17) is 23.8 Å². The average Bonchev–Trinajstić information content (AvgIpc) is 4.00. The number of benzene rings is 8. The predicted molar refractivity (Wildman–Crippen MR) is 251 cm³/mol. The van der Waals surface area contributed by atoms with Crippen molar-refractivity contribution < 1.29 is 8.83 Å². The molecule has 3 heterocycles. The molecule has 62 heavy (non-hydrogen) atoms. The Balaban J connectivity index is 0.950. The van der Waals surface area contributed by atoms with Crippen LogP contribution in [0.25, 0.3) is 111 Å². The van der Waals surface area contributed by atoms with Gasteiger partial charge >= 0.3 is 0 Å². The molecule has 1 spiro atoms. The highest BCUT2D eigenvalue weighted by atomic mass is 16.3. The van der Waals surface area contributed by atoms with Gasteiger partial charge in [-0.15, -0.1) is 0 Å². The van der Waals surface area contributed by atoms with Crippen LogP contribution in [0.3, 0.4) is 0 Å². The minimum atomic E-state index is 0.112. The molecule has 0 unspecified atom stereocenters. The Labute approximate surface area is 358 Å². The van der Waals surface area contributed by atoms with Crippen molar-refractivity contribution in [3.05, 3.63) is 187 Å². The van der Waals surface area contributed by atoms with Crippen molar-refractivity contribution in [2.75, 3.05) is 0 Å². The molecule has 0 atom stereocenters. The lowest BCUT2D eigenvalue weighted by Gasteiger charge is -2.36. The largest absolute Gasteiger partial charge is 0.456 e. The summed E-state index contributed by atoms with van der Waals surface area (Å²) in [4.78, 5) is 15.8. The Morgan fingerprint density at radius 2 is 0.806 bits per heavy atom. The van der Waals surface area contributed by atoms with Crippen LogP contribution < -0.4 is 0 Å². The average molecular weight is 798 g/mol. The van der Waals surface area contributed by atoms with E-state index in [1.807, 2.05) is 60.7 Å². The van der Waals surface area contributed by atoms with Crippen LogP contribution in [0.5, 0.6) is 0 Å². The maximum atomic E-state index is 6.33. The van der Waals surface area contributed by atoms with Crippen molar-refractivity contribution >= 4 is 43.9 Å². The topological polar surface area (TPSA) is 65.0 Å². The van der Waals surface area contributed by atoms with Gasteiger partial charge in [0, 0.05) is 43.7 Å². The van der Waals surface area contributed by atoms with Gasteiger partial charge < -0.3 is 8.83 Å². The molecular weight excluding hydrogens is 759 g/mol. The van der Waals surface area contributed by atoms with Gasteiger partial charge in [-0.25, -0.2) is 15.0 Å². The van der Waals surface area contributed by atoms with E-state index in [2.05, 4.69) is 115 Å². The van der Waals surface area contributed by atoms with Crippen molar-refractivity contribution in [3.63, 3.8) is 0 Å². The maximum absolute atomic E-state index is 6.33. The Kier molecular flexibility index (Phi) is 7.77. The number of aromatic nitrogens is 3. The monoisotopic (exact) mass is 797 g/mol. The zero-order valence-corrected chi connectivity index (χ0v) is 33.9. The maximum Gasteiger partial charge on any atom is 0.164 e. The molecule has 11 aromatic rings. The molecule has 1 fully saturated rings. The quantitative estimate of drug-likeness (QED) is 0.174. The molecule has 294 valence electrons. The summed E-state index contributed by atoms with van der Waals surface area (Å²) >= 11 is 0. The van der Waals surface area contributed by atoms with Gasteiger partial charge in [-0.05, 0) is 99.8 Å². The summed E-state index contributed by atoms with van der Waals surface area (Å²) in [5.74, 6) is 1.75. The van der Waals surface area contributed by atoms with Crippen molar-refractivity contribution in [1.29, 1.82) is 0 Å². The second-order valence-electron chi connectivity index (χ2n) is 17.0. The van der Waals surface area contributed by atoms with Crippen molar-refractivity contribution in [3.8, 4) is 67.5 Å². The van der Waals surface area contributed by atoms with Gasteiger partial charge in [-0.2, -0.15) is 0 Å². The van der Waals surface area contributed by atoms with E-state index in [1.165, 1.54) is 65.5 Å². The fourth-order valence-corrected chi connectivity index (χ4v) is 10.7. The molecule has 2 aliphatic rings. The van der Waals surface area contributed by atoms with Gasteiger partial charge in [-0.1, -0.05) is 153 Å². The highest BCUT2D eigenvalue weighted by Crippen LogP contribution is 2.56. The molecule has 0 saturated heterocycles. The summed E-state index contributed by atoms with van der Waals surface area (Å²) in [5, 5.41) is 4.00. The fourth-order valence-electron chi connectivity index (χ4n) is 10.7. The highest BCUT2D eigenvalue weighted by Gasteiger charge is 2.43. The van der Waals surface area contributed by atoms with Crippen LogP contribution in [0, 0.1) is 0 Å². The molecule has 0 aliphatic heterocycles. The van der Waals surface area contributed by atoms with Crippen molar-refractivity contribution in [1.82, 2.24) is 15.0 Å². The lowest BCUT2D eigenvalue weighted by atomic mass is 9.67. The van der Waals surface area contributed by atoms with Crippen LogP contribution in [-0.2, 0) is 5.41 Å². The van der Waals surface area contributed by atoms with Crippen LogP contribution in [0.2, 0.25) is 0 Å². The Bertz CT molecular complexity index is 3460. The number of para-hydroxylation sites is 2. The lowest BCUT2D eigenvalue weighted by molar-refractivity contribution is 0.353. The van der Waals surface area contributed by atoms with Crippen LogP contribution >= 0.6 is 0 Å². The van der Waals surface area contributed by atoms with Crippen LogP contribution in [-0.4, -0.2) is 15.0 Å². The molecule has 5 heteroatoms. The molecule has 13 rings (SSSR count). The van der Waals surface area contributed by atoms with Gasteiger partial charge in [-0.3, -0.25) is 0 Å². The SMILES string of the molecule is c1cc(-c2cccc(-c3nc(-c4cccc5oc6ccccc6c45)nc(-c4cccc5oc6ccccc6c45)n3)c2)cc(-c2ccc3c(c2)C2(CCCCC2)c2ccccc2-3)c1. The van der Waals surface area contributed by atoms with Crippen molar-refractivity contribution in [2.45, 2.75) is 37.5 Å².